The van der Waals surface area contributed by atoms with E-state index in [2.05, 4.69) is 4.98 Å². The summed E-state index contributed by atoms with van der Waals surface area (Å²) < 4.78 is 11.8. The van der Waals surface area contributed by atoms with Crippen LogP contribution in [0.3, 0.4) is 0 Å². The van der Waals surface area contributed by atoms with E-state index in [9.17, 15) is 14.7 Å². The molecule has 1 N–H and O–H groups in total. The zero-order valence-electron chi connectivity index (χ0n) is 21.5. The Morgan fingerprint density at radius 1 is 0.897 bits per heavy atom. The minimum absolute atomic E-state index is 0.137. The Balaban J connectivity index is 1.25. The number of fused-ring (bicyclic) bond motifs is 1. The van der Waals surface area contributed by atoms with E-state index in [1.807, 2.05) is 91.9 Å². The summed E-state index contributed by atoms with van der Waals surface area (Å²) in [5.41, 5.74) is 2.97. The number of ether oxygens (including phenoxy) is 1. The highest BCUT2D eigenvalue weighted by Crippen LogP contribution is 2.23. The van der Waals surface area contributed by atoms with E-state index in [0.29, 0.717) is 30.2 Å². The molecule has 0 bridgehead atoms. The summed E-state index contributed by atoms with van der Waals surface area (Å²) in [4.78, 5) is 30.8. The molecule has 5 rings (SSSR count). The molecular formula is C32H28N2O5. The van der Waals surface area contributed by atoms with Gasteiger partial charge in [-0.05, 0) is 59.7 Å². The van der Waals surface area contributed by atoms with Crippen LogP contribution in [-0.2, 0) is 17.8 Å². The molecule has 39 heavy (non-hydrogen) atoms. The van der Waals surface area contributed by atoms with Crippen molar-refractivity contribution in [2.45, 2.75) is 19.9 Å². The highest BCUT2D eigenvalue weighted by molar-refractivity contribution is 5.99. The van der Waals surface area contributed by atoms with Gasteiger partial charge in [-0.25, -0.2) is 4.98 Å². The van der Waals surface area contributed by atoms with Crippen LogP contribution >= 0.6 is 0 Å². The van der Waals surface area contributed by atoms with Gasteiger partial charge in [-0.15, -0.1) is 0 Å². The van der Waals surface area contributed by atoms with Gasteiger partial charge in [0.1, 0.15) is 18.1 Å². The van der Waals surface area contributed by atoms with Gasteiger partial charge in [0.25, 0.3) is 5.91 Å². The number of carboxylic acid groups (broad SMARTS) is 1. The third-order valence-electron chi connectivity index (χ3n) is 6.40. The first-order valence-electron chi connectivity index (χ1n) is 12.7. The molecule has 0 fully saturated rings. The minimum atomic E-state index is -1.07. The van der Waals surface area contributed by atoms with E-state index in [0.717, 1.165) is 33.4 Å². The lowest BCUT2D eigenvalue weighted by atomic mass is 10.1. The monoisotopic (exact) mass is 520 g/mol. The van der Waals surface area contributed by atoms with Gasteiger partial charge in [0, 0.05) is 24.1 Å². The number of oxazole rings is 1. The highest BCUT2D eigenvalue weighted by Gasteiger charge is 2.20. The predicted molar refractivity (Wildman–Crippen MR) is 149 cm³/mol. The first kappa shape index (κ1) is 25.7. The Morgan fingerprint density at radius 2 is 1.67 bits per heavy atom. The van der Waals surface area contributed by atoms with Crippen molar-refractivity contribution in [1.29, 1.82) is 0 Å². The van der Waals surface area contributed by atoms with Crippen LogP contribution in [0, 0.1) is 6.92 Å². The van der Waals surface area contributed by atoms with Crippen LogP contribution in [0.15, 0.2) is 101 Å². The van der Waals surface area contributed by atoms with Crippen molar-refractivity contribution >= 4 is 22.6 Å². The molecule has 0 aliphatic carbocycles. The van der Waals surface area contributed by atoms with E-state index in [1.165, 1.54) is 4.90 Å². The standard InChI is InChI=1S/C32H28N2O5/c1-22-29(33-31(39-22)25-10-3-2-4-11-25)16-17-38-28-13-7-8-23(18-28)20-34(21-30(35)36)32(37)27-15-14-24-9-5-6-12-26(24)19-27/h2-15,18-19H,16-17,20-21H2,1H3,(H,35,36). The first-order valence-corrected chi connectivity index (χ1v) is 12.7. The second kappa shape index (κ2) is 11.6. The molecule has 0 atom stereocenters. The van der Waals surface area contributed by atoms with Crippen LogP contribution in [0.25, 0.3) is 22.2 Å². The molecule has 0 aliphatic heterocycles. The lowest BCUT2D eigenvalue weighted by Crippen LogP contribution is -2.35. The molecule has 1 amide bonds. The molecule has 0 radical (unpaired) electrons. The Hall–Kier alpha value is -4.91. The maximum absolute atomic E-state index is 13.3. The number of benzene rings is 4. The Bertz CT molecular complexity index is 1610. The number of carbonyl (C=O) groups is 2. The number of aliphatic carboxylic acids is 1. The number of aryl methyl sites for hydroxylation is 1. The first-order chi connectivity index (χ1) is 19.0. The summed E-state index contributed by atoms with van der Waals surface area (Å²) in [6, 6.07) is 30.2. The molecule has 0 aliphatic rings. The molecule has 5 aromatic rings. The maximum Gasteiger partial charge on any atom is 0.323 e. The van der Waals surface area contributed by atoms with Crippen LogP contribution in [0.2, 0.25) is 0 Å². The molecule has 0 spiro atoms. The molecule has 7 heteroatoms. The molecule has 0 unspecified atom stereocenters. The normalized spacial score (nSPS) is 10.9. The fourth-order valence-electron chi connectivity index (χ4n) is 4.45. The van der Waals surface area contributed by atoms with Gasteiger partial charge in [-0.3, -0.25) is 9.59 Å². The SMILES string of the molecule is Cc1oc(-c2ccccc2)nc1CCOc1cccc(CN(CC(=O)O)C(=O)c2ccc3ccccc3c2)c1. The molecule has 7 nitrogen and oxygen atoms in total. The number of hydrogen-bond donors (Lipinski definition) is 1. The van der Waals surface area contributed by atoms with E-state index < -0.39 is 12.5 Å². The smallest absolute Gasteiger partial charge is 0.323 e. The molecule has 1 aromatic heterocycles. The van der Waals surface area contributed by atoms with Crippen molar-refractivity contribution in [2.75, 3.05) is 13.2 Å². The van der Waals surface area contributed by atoms with Gasteiger partial charge in [0.15, 0.2) is 0 Å². The van der Waals surface area contributed by atoms with E-state index >= 15 is 0 Å². The lowest BCUT2D eigenvalue weighted by Gasteiger charge is -2.21. The van der Waals surface area contributed by atoms with Crippen molar-refractivity contribution in [2.24, 2.45) is 0 Å². The number of amides is 1. The Labute approximate surface area is 226 Å². The Morgan fingerprint density at radius 3 is 2.46 bits per heavy atom. The topological polar surface area (TPSA) is 92.9 Å². The van der Waals surface area contributed by atoms with Crippen molar-refractivity contribution in [3.8, 4) is 17.2 Å². The van der Waals surface area contributed by atoms with Crippen molar-refractivity contribution in [3.63, 3.8) is 0 Å². The third kappa shape index (κ3) is 6.33. The van der Waals surface area contributed by atoms with E-state index in [1.54, 1.807) is 12.1 Å². The minimum Gasteiger partial charge on any atom is -0.493 e. The largest absolute Gasteiger partial charge is 0.493 e. The second-order valence-corrected chi connectivity index (χ2v) is 9.25. The van der Waals surface area contributed by atoms with Gasteiger partial charge in [0.2, 0.25) is 5.89 Å². The zero-order chi connectivity index (χ0) is 27.2. The summed E-state index contributed by atoms with van der Waals surface area (Å²) >= 11 is 0. The van der Waals surface area contributed by atoms with Crippen LogP contribution in [0.4, 0.5) is 0 Å². The van der Waals surface area contributed by atoms with Gasteiger partial charge in [-0.1, -0.05) is 60.7 Å². The van der Waals surface area contributed by atoms with Crippen molar-refractivity contribution in [3.05, 3.63) is 120 Å². The highest BCUT2D eigenvalue weighted by atomic mass is 16.5. The number of carbonyl (C=O) groups excluding carboxylic acids is 1. The summed E-state index contributed by atoms with van der Waals surface area (Å²) in [5.74, 6) is 0.548. The molecule has 0 saturated carbocycles. The quantitative estimate of drug-likeness (QED) is 0.237. The number of carboxylic acids is 1. The van der Waals surface area contributed by atoms with Gasteiger partial charge in [-0.2, -0.15) is 0 Å². The number of nitrogens with zero attached hydrogens (tertiary/aromatic N) is 2. The summed E-state index contributed by atoms with van der Waals surface area (Å²) in [6.45, 7) is 2.00. The second-order valence-electron chi connectivity index (χ2n) is 9.25. The number of rotatable bonds is 10. The lowest BCUT2D eigenvalue weighted by molar-refractivity contribution is -0.137. The fraction of sp³-hybridized carbons (Fsp3) is 0.156. The average molecular weight is 521 g/mol. The van der Waals surface area contributed by atoms with E-state index in [-0.39, 0.29) is 12.5 Å². The van der Waals surface area contributed by atoms with Crippen LogP contribution in [-0.4, -0.2) is 40.0 Å². The Kier molecular flexibility index (Phi) is 7.68. The molecule has 0 saturated heterocycles. The molecule has 1 heterocycles. The van der Waals surface area contributed by atoms with E-state index in [4.69, 9.17) is 9.15 Å². The zero-order valence-corrected chi connectivity index (χ0v) is 21.5. The van der Waals surface area contributed by atoms with Gasteiger partial charge in [0.05, 0.1) is 12.3 Å². The third-order valence-corrected chi connectivity index (χ3v) is 6.40. The molecule has 4 aromatic carbocycles. The number of hydrogen-bond acceptors (Lipinski definition) is 5. The average Bonchev–Trinajstić information content (AvgIpc) is 3.32. The number of aromatic nitrogens is 1. The van der Waals surface area contributed by atoms with Crippen LogP contribution < -0.4 is 4.74 Å². The molecule has 196 valence electrons. The van der Waals surface area contributed by atoms with Crippen molar-refractivity contribution in [1.82, 2.24) is 9.88 Å². The fourth-order valence-corrected chi connectivity index (χ4v) is 4.45. The van der Waals surface area contributed by atoms with Gasteiger partial charge >= 0.3 is 5.97 Å². The summed E-state index contributed by atoms with van der Waals surface area (Å²) in [5, 5.41) is 11.4. The maximum atomic E-state index is 13.3. The summed E-state index contributed by atoms with van der Waals surface area (Å²) in [7, 11) is 0. The van der Waals surface area contributed by atoms with Gasteiger partial charge < -0.3 is 19.2 Å². The van der Waals surface area contributed by atoms with Crippen LogP contribution in [0.1, 0.15) is 27.4 Å². The predicted octanol–water partition coefficient (Wildman–Crippen LogP) is 6.15. The molecular weight excluding hydrogens is 492 g/mol. The van der Waals surface area contributed by atoms with Crippen LogP contribution in [0.5, 0.6) is 5.75 Å². The summed E-state index contributed by atoms with van der Waals surface area (Å²) in [6.07, 6.45) is 0.567. The van der Waals surface area contributed by atoms with Crippen molar-refractivity contribution < 1.29 is 23.8 Å².